The number of hydrogen-bond donors (Lipinski definition) is 2. The van der Waals surface area contributed by atoms with Crippen LogP contribution in [0.1, 0.15) is 40.5 Å². The highest BCUT2D eigenvalue weighted by Gasteiger charge is 2.32. The first-order chi connectivity index (χ1) is 9.23. The molecule has 20 heavy (non-hydrogen) atoms. The topological polar surface area (TPSA) is 73.6 Å². The lowest BCUT2D eigenvalue weighted by atomic mass is 9.96. The van der Waals surface area contributed by atoms with Crippen molar-refractivity contribution < 1.29 is 14.3 Å². The summed E-state index contributed by atoms with van der Waals surface area (Å²) in [5, 5.41) is 2.82. The second-order valence-corrected chi connectivity index (χ2v) is 5.89. The Hall–Kier alpha value is -1.75. The van der Waals surface area contributed by atoms with E-state index in [1.807, 2.05) is 20.8 Å². The Kier molecular flexibility index (Phi) is 3.65. The van der Waals surface area contributed by atoms with E-state index in [2.05, 4.69) is 5.32 Å². The zero-order valence-electron chi connectivity index (χ0n) is 12.4. The molecule has 0 fully saturated rings. The van der Waals surface area contributed by atoms with Crippen LogP contribution in [-0.4, -0.2) is 17.2 Å². The predicted molar refractivity (Wildman–Crippen MR) is 77.9 cm³/mol. The molecule has 1 heterocycles. The first-order valence-corrected chi connectivity index (χ1v) is 6.86. The molecule has 0 saturated heterocycles. The summed E-state index contributed by atoms with van der Waals surface area (Å²) in [5.41, 5.74) is 5.79. The van der Waals surface area contributed by atoms with E-state index in [0.717, 1.165) is 6.42 Å². The zero-order chi connectivity index (χ0) is 15.0. The number of fused-ring (bicyclic) bond motifs is 1. The molecule has 0 radical (unpaired) electrons. The second kappa shape index (κ2) is 4.98. The summed E-state index contributed by atoms with van der Waals surface area (Å²) in [6, 6.07) is 5.32. The van der Waals surface area contributed by atoms with Crippen LogP contribution in [0.25, 0.3) is 0 Å². The highest BCUT2D eigenvalue weighted by atomic mass is 16.7. The van der Waals surface area contributed by atoms with Crippen LogP contribution in [-0.2, 0) is 4.79 Å². The van der Waals surface area contributed by atoms with Gasteiger partial charge in [-0.2, -0.15) is 0 Å². The summed E-state index contributed by atoms with van der Waals surface area (Å²) in [5.74, 6) is 0.437. The minimum atomic E-state index is -0.871. The Morgan fingerprint density at radius 3 is 2.65 bits per heavy atom. The molecule has 0 aliphatic carbocycles. The van der Waals surface area contributed by atoms with Crippen molar-refractivity contribution in [2.24, 2.45) is 5.73 Å². The Morgan fingerprint density at radius 1 is 1.35 bits per heavy atom. The van der Waals surface area contributed by atoms with Gasteiger partial charge in [0.05, 0.1) is 5.54 Å². The van der Waals surface area contributed by atoms with Gasteiger partial charge in [0, 0.05) is 25.6 Å². The fraction of sp³-hybridized carbons (Fsp3) is 0.533. The van der Waals surface area contributed by atoms with E-state index in [1.165, 1.54) is 0 Å². The molecular formula is C15H22N2O3. The van der Waals surface area contributed by atoms with Crippen molar-refractivity contribution in [3.05, 3.63) is 18.2 Å². The molecule has 1 atom stereocenters. The van der Waals surface area contributed by atoms with Gasteiger partial charge in [-0.3, -0.25) is 4.79 Å². The normalized spacial score (nSPS) is 18.4. The Labute approximate surface area is 119 Å². The van der Waals surface area contributed by atoms with Crippen molar-refractivity contribution in [3.63, 3.8) is 0 Å². The molecule has 3 N–H and O–H groups in total. The van der Waals surface area contributed by atoms with Crippen molar-refractivity contribution in [2.75, 3.05) is 5.32 Å². The highest BCUT2D eigenvalue weighted by Crippen LogP contribution is 2.40. The van der Waals surface area contributed by atoms with Crippen LogP contribution in [0.5, 0.6) is 11.5 Å². The molecule has 1 aromatic carbocycles. The minimum Gasteiger partial charge on any atom is -0.449 e. The molecule has 0 spiro atoms. The third kappa shape index (κ3) is 3.04. The van der Waals surface area contributed by atoms with E-state index in [9.17, 15) is 4.79 Å². The van der Waals surface area contributed by atoms with E-state index < -0.39 is 11.3 Å². The van der Waals surface area contributed by atoms with Gasteiger partial charge < -0.3 is 20.5 Å². The Balaban J connectivity index is 2.11. The lowest BCUT2D eigenvalue weighted by molar-refractivity contribution is -0.120. The molecular weight excluding hydrogens is 256 g/mol. The van der Waals surface area contributed by atoms with Gasteiger partial charge in [0.1, 0.15) is 0 Å². The summed E-state index contributed by atoms with van der Waals surface area (Å²) >= 11 is 0. The number of carbonyl (C=O) groups is 1. The summed E-state index contributed by atoms with van der Waals surface area (Å²) in [4.78, 5) is 12.1. The molecule has 1 amide bonds. The summed E-state index contributed by atoms with van der Waals surface area (Å²) in [6.07, 6.45) is 1.49. The molecule has 1 aliphatic heterocycles. The van der Waals surface area contributed by atoms with Crippen LogP contribution in [0, 0.1) is 0 Å². The molecule has 0 aromatic heterocycles. The maximum absolute atomic E-state index is 12.1. The monoisotopic (exact) mass is 278 g/mol. The SMILES string of the molecule is CCCC(C)(N)C(=O)Nc1ccc2c(c1)OC(C)(C)O2. The number of amides is 1. The molecule has 1 aliphatic rings. The van der Waals surface area contributed by atoms with E-state index in [0.29, 0.717) is 23.6 Å². The van der Waals surface area contributed by atoms with Gasteiger partial charge in [0.15, 0.2) is 11.5 Å². The predicted octanol–water partition coefficient (Wildman–Crippen LogP) is 2.65. The number of nitrogens with one attached hydrogen (secondary N) is 1. The van der Waals surface area contributed by atoms with Crippen molar-refractivity contribution in [1.29, 1.82) is 0 Å². The summed E-state index contributed by atoms with van der Waals surface area (Å²) < 4.78 is 11.2. The van der Waals surface area contributed by atoms with Crippen molar-refractivity contribution >= 4 is 11.6 Å². The third-order valence-electron chi connectivity index (χ3n) is 3.20. The maximum atomic E-state index is 12.1. The van der Waals surface area contributed by atoms with E-state index in [-0.39, 0.29) is 5.91 Å². The van der Waals surface area contributed by atoms with E-state index in [1.54, 1.807) is 25.1 Å². The summed E-state index contributed by atoms with van der Waals surface area (Å²) in [7, 11) is 0. The average molecular weight is 278 g/mol. The lowest BCUT2D eigenvalue weighted by Gasteiger charge is -2.22. The number of carbonyl (C=O) groups excluding carboxylic acids is 1. The number of benzene rings is 1. The number of nitrogens with two attached hydrogens (primary N) is 1. The van der Waals surface area contributed by atoms with E-state index >= 15 is 0 Å². The molecule has 5 nitrogen and oxygen atoms in total. The quantitative estimate of drug-likeness (QED) is 0.888. The van der Waals surface area contributed by atoms with Gasteiger partial charge in [-0.15, -0.1) is 0 Å². The van der Waals surface area contributed by atoms with Crippen LogP contribution in [0.3, 0.4) is 0 Å². The smallest absolute Gasteiger partial charge is 0.246 e. The lowest BCUT2D eigenvalue weighted by Crippen LogP contribution is -2.48. The van der Waals surface area contributed by atoms with Crippen molar-refractivity contribution in [2.45, 2.75) is 51.9 Å². The Bertz CT molecular complexity index is 524. The van der Waals surface area contributed by atoms with Crippen molar-refractivity contribution in [3.8, 4) is 11.5 Å². The molecule has 110 valence electrons. The molecule has 2 rings (SSSR count). The van der Waals surface area contributed by atoms with Crippen LogP contribution >= 0.6 is 0 Å². The maximum Gasteiger partial charge on any atom is 0.246 e. The van der Waals surface area contributed by atoms with Gasteiger partial charge in [0.25, 0.3) is 0 Å². The first kappa shape index (κ1) is 14.7. The largest absolute Gasteiger partial charge is 0.449 e. The molecule has 5 heteroatoms. The van der Waals surface area contributed by atoms with Gasteiger partial charge >= 0.3 is 0 Å². The third-order valence-corrected chi connectivity index (χ3v) is 3.20. The molecule has 1 unspecified atom stereocenters. The zero-order valence-corrected chi connectivity index (χ0v) is 12.4. The molecule has 0 saturated carbocycles. The highest BCUT2D eigenvalue weighted by molar-refractivity contribution is 5.97. The number of ether oxygens (including phenoxy) is 2. The van der Waals surface area contributed by atoms with Crippen molar-refractivity contribution in [1.82, 2.24) is 0 Å². The van der Waals surface area contributed by atoms with E-state index in [4.69, 9.17) is 15.2 Å². The first-order valence-electron chi connectivity index (χ1n) is 6.86. The van der Waals surface area contributed by atoms with Crippen LogP contribution in [0.4, 0.5) is 5.69 Å². The average Bonchev–Trinajstić information content (AvgIpc) is 2.62. The standard InChI is InChI=1S/C15H22N2O3/c1-5-8-15(4,16)13(18)17-10-6-7-11-12(9-10)20-14(2,3)19-11/h6-7,9H,5,8,16H2,1-4H3,(H,17,18). The van der Waals surface area contributed by atoms with Crippen LogP contribution in [0.15, 0.2) is 18.2 Å². The van der Waals surface area contributed by atoms with Gasteiger partial charge in [0.2, 0.25) is 11.7 Å². The second-order valence-electron chi connectivity index (χ2n) is 5.89. The summed E-state index contributed by atoms with van der Waals surface area (Å²) in [6.45, 7) is 7.41. The van der Waals surface area contributed by atoms with Gasteiger partial charge in [-0.25, -0.2) is 0 Å². The fourth-order valence-corrected chi connectivity index (χ4v) is 2.21. The van der Waals surface area contributed by atoms with Gasteiger partial charge in [-0.05, 0) is 25.5 Å². The Morgan fingerprint density at radius 2 is 2.00 bits per heavy atom. The fourth-order valence-electron chi connectivity index (χ4n) is 2.21. The molecule has 1 aromatic rings. The number of anilines is 1. The van der Waals surface area contributed by atoms with Crippen LogP contribution in [0.2, 0.25) is 0 Å². The molecule has 0 bridgehead atoms. The number of hydrogen-bond acceptors (Lipinski definition) is 4. The minimum absolute atomic E-state index is 0.197. The van der Waals surface area contributed by atoms with Gasteiger partial charge in [-0.1, -0.05) is 13.3 Å². The number of rotatable bonds is 4. The van der Waals surface area contributed by atoms with Crippen LogP contribution < -0.4 is 20.5 Å².